The van der Waals surface area contributed by atoms with E-state index >= 15 is 0 Å². The van der Waals surface area contributed by atoms with E-state index in [0.717, 1.165) is 25.9 Å². The first-order valence-electron chi connectivity index (χ1n) is 8.50. The van der Waals surface area contributed by atoms with Crippen LogP contribution >= 0.6 is 24.8 Å². The van der Waals surface area contributed by atoms with Crippen molar-refractivity contribution in [3.63, 3.8) is 0 Å². The van der Waals surface area contributed by atoms with Gasteiger partial charge in [-0.15, -0.1) is 24.8 Å². The highest BCUT2D eigenvalue weighted by molar-refractivity contribution is 6.05. The van der Waals surface area contributed by atoms with E-state index in [1.807, 2.05) is 6.92 Å². The lowest BCUT2D eigenvalue weighted by molar-refractivity contribution is 0.0512. The highest BCUT2D eigenvalue weighted by Gasteiger charge is 2.33. The number of amides is 1. The number of aromatic nitrogens is 3. The average molecular weight is 420 g/mol. The summed E-state index contributed by atoms with van der Waals surface area (Å²) < 4.78 is 6.93. The molecule has 1 amide bonds. The van der Waals surface area contributed by atoms with Crippen LogP contribution in [0.5, 0.6) is 0 Å². The van der Waals surface area contributed by atoms with Gasteiger partial charge in [-0.25, -0.2) is 4.98 Å². The molecule has 0 bridgehead atoms. The van der Waals surface area contributed by atoms with E-state index in [2.05, 4.69) is 20.7 Å². The predicted molar refractivity (Wildman–Crippen MR) is 109 cm³/mol. The summed E-state index contributed by atoms with van der Waals surface area (Å²) in [5.41, 5.74) is 1.18. The SMILES string of the molecule is COCC1(CNC(=O)c2cc(C)nc3c2c(=O)[nH]n3C)CCNCC1.Cl.Cl. The van der Waals surface area contributed by atoms with Gasteiger partial charge in [0.1, 0.15) is 0 Å². The van der Waals surface area contributed by atoms with Crippen LogP contribution in [0.1, 0.15) is 28.9 Å². The molecule has 1 aliphatic rings. The average Bonchev–Trinajstić information content (AvgIpc) is 2.87. The van der Waals surface area contributed by atoms with Crippen molar-refractivity contribution in [3.05, 3.63) is 27.7 Å². The fourth-order valence-corrected chi connectivity index (χ4v) is 3.56. The van der Waals surface area contributed by atoms with Gasteiger partial charge in [0.2, 0.25) is 0 Å². The highest BCUT2D eigenvalue weighted by Crippen LogP contribution is 2.28. The highest BCUT2D eigenvalue weighted by atomic mass is 35.5. The molecule has 10 heteroatoms. The van der Waals surface area contributed by atoms with Gasteiger partial charge in [0.15, 0.2) is 5.65 Å². The largest absolute Gasteiger partial charge is 0.384 e. The van der Waals surface area contributed by atoms with Crippen LogP contribution in [0.3, 0.4) is 0 Å². The molecule has 1 saturated heterocycles. The maximum atomic E-state index is 12.8. The Bertz CT molecular complexity index is 837. The van der Waals surface area contributed by atoms with Crippen LogP contribution in [0.4, 0.5) is 0 Å². The van der Waals surface area contributed by atoms with Crippen molar-refractivity contribution in [3.8, 4) is 0 Å². The fourth-order valence-electron chi connectivity index (χ4n) is 3.56. The Labute approximate surface area is 170 Å². The zero-order chi connectivity index (χ0) is 18.0. The first-order chi connectivity index (χ1) is 12.0. The number of nitrogens with zero attached hydrogens (tertiary/aromatic N) is 2. The molecule has 0 saturated carbocycles. The maximum absolute atomic E-state index is 12.8. The molecule has 0 spiro atoms. The van der Waals surface area contributed by atoms with E-state index in [1.54, 1.807) is 24.9 Å². The van der Waals surface area contributed by atoms with Crippen LogP contribution in [0.2, 0.25) is 0 Å². The Morgan fingerprint density at radius 2 is 2.04 bits per heavy atom. The van der Waals surface area contributed by atoms with E-state index in [-0.39, 0.29) is 41.7 Å². The molecule has 0 atom stereocenters. The van der Waals surface area contributed by atoms with Crippen molar-refractivity contribution in [2.24, 2.45) is 12.5 Å². The molecular formula is C17H27Cl2N5O3. The molecule has 8 nitrogen and oxygen atoms in total. The Morgan fingerprint density at radius 1 is 1.37 bits per heavy atom. The van der Waals surface area contributed by atoms with Crippen molar-refractivity contribution < 1.29 is 9.53 Å². The molecule has 0 aliphatic carbocycles. The number of piperidine rings is 1. The van der Waals surface area contributed by atoms with Gasteiger partial charge in [-0.3, -0.25) is 19.4 Å². The topological polar surface area (TPSA) is 101 Å². The van der Waals surface area contributed by atoms with Crippen molar-refractivity contribution in [2.75, 3.05) is 33.4 Å². The van der Waals surface area contributed by atoms with Crippen LogP contribution in [0, 0.1) is 12.3 Å². The number of aryl methyl sites for hydroxylation is 2. The minimum Gasteiger partial charge on any atom is -0.384 e. The van der Waals surface area contributed by atoms with Crippen LogP contribution in [-0.2, 0) is 11.8 Å². The number of carbonyl (C=O) groups excluding carboxylic acids is 1. The molecule has 2 aromatic rings. The molecule has 3 N–H and O–H groups in total. The molecule has 3 heterocycles. The lowest BCUT2D eigenvalue weighted by atomic mass is 9.79. The Kier molecular flexibility index (Phi) is 8.28. The van der Waals surface area contributed by atoms with Gasteiger partial charge in [-0.1, -0.05) is 0 Å². The second kappa shape index (κ2) is 9.54. The molecule has 1 fully saturated rings. The second-order valence-corrected chi connectivity index (χ2v) is 6.88. The second-order valence-electron chi connectivity index (χ2n) is 6.88. The third-order valence-electron chi connectivity index (χ3n) is 4.93. The molecule has 152 valence electrons. The first-order valence-corrected chi connectivity index (χ1v) is 8.50. The van der Waals surface area contributed by atoms with Gasteiger partial charge in [0.05, 0.1) is 17.6 Å². The number of H-pyrrole nitrogens is 1. The van der Waals surface area contributed by atoms with E-state index in [9.17, 15) is 9.59 Å². The maximum Gasteiger partial charge on any atom is 0.274 e. The number of rotatable bonds is 5. The summed E-state index contributed by atoms with van der Waals surface area (Å²) in [7, 11) is 3.39. The summed E-state index contributed by atoms with van der Waals surface area (Å²) in [5, 5.41) is 9.34. The third kappa shape index (κ3) is 4.82. The lowest BCUT2D eigenvalue weighted by Crippen LogP contribution is -2.47. The number of aromatic amines is 1. The van der Waals surface area contributed by atoms with Crippen molar-refractivity contribution in [1.82, 2.24) is 25.4 Å². The summed E-state index contributed by atoms with van der Waals surface area (Å²) in [5.74, 6) is -0.249. The first kappa shape index (κ1) is 23.4. The minimum atomic E-state index is -0.302. The van der Waals surface area contributed by atoms with Crippen LogP contribution in [0.15, 0.2) is 10.9 Å². The van der Waals surface area contributed by atoms with Gasteiger partial charge in [0.25, 0.3) is 11.5 Å². The van der Waals surface area contributed by atoms with Gasteiger partial charge < -0.3 is 15.4 Å². The van der Waals surface area contributed by atoms with Gasteiger partial charge >= 0.3 is 0 Å². The van der Waals surface area contributed by atoms with Crippen molar-refractivity contribution >= 4 is 41.8 Å². The number of nitrogens with one attached hydrogen (secondary N) is 3. The zero-order valence-electron chi connectivity index (χ0n) is 15.8. The summed E-state index contributed by atoms with van der Waals surface area (Å²) in [4.78, 5) is 29.3. The monoisotopic (exact) mass is 419 g/mol. The van der Waals surface area contributed by atoms with Gasteiger partial charge in [0, 0.05) is 31.8 Å². The third-order valence-corrected chi connectivity index (χ3v) is 4.93. The van der Waals surface area contributed by atoms with Crippen molar-refractivity contribution in [1.29, 1.82) is 0 Å². The standard InChI is InChI=1S/C17H25N5O3.2ClH/c1-11-8-12(13-14(20-11)22(2)21-16(13)24)15(23)19-9-17(10-25-3)4-6-18-7-5-17;;/h8,18H,4-7,9-10H2,1-3H3,(H,19,23)(H,21,24);2*1H. The Morgan fingerprint density at radius 3 is 2.67 bits per heavy atom. The molecule has 27 heavy (non-hydrogen) atoms. The smallest absolute Gasteiger partial charge is 0.274 e. The minimum absolute atomic E-state index is 0. The number of hydrogen-bond donors (Lipinski definition) is 3. The van der Waals surface area contributed by atoms with Crippen molar-refractivity contribution in [2.45, 2.75) is 19.8 Å². The number of pyridine rings is 1. The number of hydrogen-bond acceptors (Lipinski definition) is 5. The Balaban J connectivity index is 0.00000182. The van der Waals surface area contributed by atoms with E-state index < -0.39 is 0 Å². The number of halogens is 2. The Hall–Kier alpha value is -1.61. The summed E-state index contributed by atoms with van der Waals surface area (Å²) in [6.07, 6.45) is 1.88. The van der Waals surface area contributed by atoms with Crippen LogP contribution in [0.25, 0.3) is 11.0 Å². The normalized spacial score (nSPS) is 15.7. The predicted octanol–water partition coefficient (Wildman–Crippen LogP) is 1.16. The summed E-state index contributed by atoms with van der Waals surface area (Å²) in [6, 6.07) is 1.67. The fraction of sp³-hybridized carbons (Fsp3) is 0.588. The summed E-state index contributed by atoms with van der Waals surface area (Å²) >= 11 is 0. The van der Waals surface area contributed by atoms with Crippen LogP contribution in [-0.4, -0.2) is 54.0 Å². The van der Waals surface area contributed by atoms with E-state index in [0.29, 0.717) is 35.4 Å². The van der Waals surface area contributed by atoms with Gasteiger partial charge in [-0.05, 0) is 38.9 Å². The number of carbonyl (C=O) groups is 1. The molecule has 1 aliphatic heterocycles. The molecule has 0 aromatic carbocycles. The quantitative estimate of drug-likeness (QED) is 0.674. The van der Waals surface area contributed by atoms with Crippen LogP contribution < -0.4 is 16.2 Å². The molecule has 0 radical (unpaired) electrons. The zero-order valence-corrected chi connectivity index (χ0v) is 17.4. The molecule has 3 rings (SSSR count). The van der Waals surface area contributed by atoms with Gasteiger partial charge in [-0.2, -0.15) is 0 Å². The van der Waals surface area contributed by atoms with E-state index in [4.69, 9.17) is 4.74 Å². The summed E-state index contributed by atoms with van der Waals surface area (Å²) in [6.45, 7) is 4.76. The van der Waals surface area contributed by atoms with E-state index in [1.165, 1.54) is 0 Å². The molecule has 0 unspecified atom stereocenters. The molecule has 2 aromatic heterocycles. The molecular weight excluding hydrogens is 393 g/mol. The number of fused-ring (bicyclic) bond motifs is 1. The number of methoxy groups -OCH3 is 1. The number of ether oxygens (including phenoxy) is 1. The lowest BCUT2D eigenvalue weighted by Gasteiger charge is -2.37.